The lowest BCUT2D eigenvalue weighted by atomic mass is 10.1. The Morgan fingerprint density at radius 3 is 2.45 bits per heavy atom. The summed E-state index contributed by atoms with van der Waals surface area (Å²) >= 11 is 1.30. The molecule has 0 radical (unpaired) electrons. The van der Waals surface area contributed by atoms with E-state index in [1.54, 1.807) is 0 Å². The number of ether oxygens (including phenoxy) is 1. The first-order valence-corrected chi connectivity index (χ1v) is 4.40. The Morgan fingerprint density at radius 1 is 1.27 bits per heavy atom. The summed E-state index contributed by atoms with van der Waals surface area (Å²) in [4.78, 5) is 0. The van der Waals surface area contributed by atoms with Gasteiger partial charge in [0, 0.05) is 12.9 Å². The van der Waals surface area contributed by atoms with Crippen molar-refractivity contribution in [2.45, 2.75) is 23.7 Å². The van der Waals surface area contributed by atoms with E-state index in [1.165, 1.54) is 18.9 Å². The van der Waals surface area contributed by atoms with E-state index in [9.17, 15) is 5.11 Å². The van der Waals surface area contributed by atoms with Gasteiger partial charge in [-0.15, -0.1) is 11.8 Å². The van der Waals surface area contributed by atoms with E-state index in [2.05, 4.69) is 0 Å². The highest BCUT2D eigenvalue weighted by Crippen LogP contribution is 2.26. The van der Waals surface area contributed by atoms with Crippen LogP contribution in [0.5, 0.6) is 0 Å². The van der Waals surface area contributed by atoms with Gasteiger partial charge < -0.3 is 20.1 Å². The van der Waals surface area contributed by atoms with E-state index < -0.39 is 23.7 Å². The molecule has 3 N–H and O–H groups in total. The predicted molar refractivity (Wildman–Crippen MR) is 41.3 cm³/mol. The number of methoxy groups -OCH3 is 1. The zero-order chi connectivity index (χ0) is 8.43. The maximum atomic E-state index is 9.25. The Labute approximate surface area is 69.2 Å². The number of aliphatic hydroxyl groups excluding tert-OH is 3. The van der Waals surface area contributed by atoms with Crippen molar-refractivity contribution >= 4 is 11.8 Å². The molecular formula is C6H12O4S. The molecule has 1 heterocycles. The monoisotopic (exact) mass is 180 g/mol. The van der Waals surface area contributed by atoms with Crippen molar-refractivity contribution in [3.8, 4) is 0 Å². The van der Waals surface area contributed by atoms with Crippen LogP contribution in [0, 0.1) is 0 Å². The fourth-order valence-electron chi connectivity index (χ4n) is 0.987. The molecule has 0 aromatic rings. The zero-order valence-corrected chi connectivity index (χ0v) is 6.99. The lowest BCUT2D eigenvalue weighted by Crippen LogP contribution is -2.49. The predicted octanol–water partition coefficient (Wildman–Crippen LogP) is -1.21. The smallest absolute Gasteiger partial charge is 0.131 e. The fourth-order valence-corrected chi connectivity index (χ4v) is 2.06. The molecule has 5 heteroatoms. The zero-order valence-electron chi connectivity index (χ0n) is 6.17. The van der Waals surface area contributed by atoms with Crippen molar-refractivity contribution in [3.63, 3.8) is 0 Å². The third-order valence-corrected chi connectivity index (χ3v) is 3.02. The van der Waals surface area contributed by atoms with Gasteiger partial charge in [0.2, 0.25) is 0 Å². The van der Waals surface area contributed by atoms with Crippen LogP contribution in [0.25, 0.3) is 0 Å². The maximum absolute atomic E-state index is 9.25. The highest BCUT2D eigenvalue weighted by atomic mass is 32.2. The van der Waals surface area contributed by atoms with Gasteiger partial charge in [0.25, 0.3) is 0 Å². The molecule has 1 aliphatic heterocycles. The van der Waals surface area contributed by atoms with Gasteiger partial charge in [-0.1, -0.05) is 0 Å². The number of rotatable bonds is 1. The van der Waals surface area contributed by atoms with Gasteiger partial charge in [-0.25, -0.2) is 0 Å². The minimum Gasteiger partial charge on any atom is -0.389 e. The summed E-state index contributed by atoms with van der Waals surface area (Å²) in [5.74, 6) is 0.400. The number of hydrogen-bond donors (Lipinski definition) is 3. The molecule has 0 aromatic carbocycles. The van der Waals surface area contributed by atoms with Gasteiger partial charge in [-0.2, -0.15) is 0 Å². The molecule has 66 valence electrons. The Bertz CT molecular complexity index is 130. The summed E-state index contributed by atoms with van der Waals surface area (Å²) in [6.45, 7) is 0. The second-order valence-corrected chi connectivity index (χ2v) is 3.62. The molecule has 0 unspecified atom stereocenters. The largest absolute Gasteiger partial charge is 0.389 e. The van der Waals surface area contributed by atoms with E-state index in [-0.39, 0.29) is 0 Å². The van der Waals surface area contributed by atoms with Gasteiger partial charge in [-0.3, -0.25) is 0 Å². The molecule has 1 aliphatic rings. The highest BCUT2D eigenvalue weighted by Gasteiger charge is 2.36. The second-order valence-electron chi connectivity index (χ2n) is 2.49. The van der Waals surface area contributed by atoms with Gasteiger partial charge >= 0.3 is 0 Å². The van der Waals surface area contributed by atoms with Crippen LogP contribution in [0.4, 0.5) is 0 Å². The number of aliphatic hydroxyl groups is 3. The molecule has 0 amide bonds. The molecule has 4 atom stereocenters. The molecule has 1 rings (SSSR count). The summed E-state index contributed by atoms with van der Waals surface area (Å²) in [6, 6.07) is 0. The first kappa shape index (κ1) is 9.28. The van der Waals surface area contributed by atoms with Crippen LogP contribution in [-0.4, -0.2) is 51.9 Å². The van der Waals surface area contributed by atoms with E-state index in [0.717, 1.165) is 0 Å². The first-order chi connectivity index (χ1) is 5.16. The minimum atomic E-state index is -1.08. The normalized spacial score (nSPS) is 45.8. The maximum Gasteiger partial charge on any atom is 0.131 e. The Hall–Kier alpha value is 0.190. The van der Waals surface area contributed by atoms with Gasteiger partial charge in [0.05, 0.1) is 6.10 Å². The average molecular weight is 180 g/mol. The Morgan fingerprint density at radius 2 is 1.91 bits per heavy atom. The molecule has 11 heavy (non-hydrogen) atoms. The van der Waals surface area contributed by atoms with E-state index in [1.807, 2.05) is 0 Å². The second kappa shape index (κ2) is 3.73. The third kappa shape index (κ3) is 1.86. The summed E-state index contributed by atoms with van der Waals surface area (Å²) in [5, 5.41) is 27.5. The van der Waals surface area contributed by atoms with E-state index >= 15 is 0 Å². The molecule has 0 saturated carbocycles. The van der Waals surface area contributed by atoms with E-state index in [4.69, 9.17) is 14.9 Å². The van der Waals surface area contributed by atoms with Crippen molar-refractivity contribution in [2.75, 3.05) is 12.9 Å². The SMILES string of the molecule is CO[C@@H]1SC[C@@H](O)[C@H](O)[C@H]1O. The summed E-state index contributed by atoms with van der Waals surface area (Å²) < 4.78 is 4.86. The lowest BCUT2D eigenvalue weighted by molar-refractivity contribution is -0.0911. The van der Waals surface area contributed by atoms with Crippen molar-refractivity contribution in [2.24, 2.45) is 0 Å². The van der Waals surface area contributed by atoms with Crippen LogP contribution in [0.1, 0.15) is 0 Å². The summed E-state index contributed by atoms with van der Waals surface area (Å²) in [5.41, 5.74) is -0.423. The highest BCUT2D eigenvalue weighted by molar-refractivity contribution is 7.99. The molecule has 0 spiro atoms. The van der Waals surface area contributed by atoms with E-state index in [0.29, 0.717) is 5.75 Å². The van der Waals surface area contributed by atoms with Crippen LogP contribution in [0.3, 0.4) is 0 Å². The molecule has 0 bridgehead atoms. The van der Waals surface area contributed by atoms with Crippen molar-refractivity contribution in [1.29, 1.82) is 0 Å². The molecular weight excluding hydrogens is 168 g/mol. The van der Waals surface area contributed by atoms with Gasteiger partial charge in [-0.05, 0) is 0 Å². The van der Waals surface area contributed by atoms with Crippen LogP contribution >= 0.6 is 11.8 Å². The van der Waals surface area contributed by atoms with Crippen molar-refractivity contribution < 1.29 is 20.1 Å². The van der Waals surface area contributed by atoms with Crippen LogP contribution < -0.4 is 0 Å². The molecule has 1 fully saturated rings. The topological polar surface area (TPSA) is 69.9 Å². The molecule has 0 aliphatic carbocycles. The summed E-state index contributed by atoms with van der Waals surface area (Å²) in [7, 11) is 1.46. The standard InChI is InChI=1S/C6H12O4S/c1-10-6-5(9)4(8)3(7)2-11-6/h3-9H,2H2,1H3/t3-,4+,5-,6-/m1/s1. The Balaban J connectivity index is 2.52. The third-order valence-electron chi connectivity index (χ3n) is 1.69. The van der Waals surface area contributed by atoms with Crippen LogP contribution in [0.2, 0.25) is 0 Å². The molecule has 1 saturated heterocycles. The lowest BCUT2D eigenvalue weighted by Gasteiger charge is -2.33. The minimum absolute atomic E-state index is 0.400. The molecule has 0 aromatic heterocycles. The Kier molecular flexibility index (Phi) is 3.15. The molecule has 4 nitrogen and oxygen atoms in total. The quantitative estimate of drug-likeness (QED) is 0.472. The first-order valence-electron chi connectivity index (χ1n) is 3.35. The average Bonchev–Trinajstić information content (AvgIpc) is 2.01. The van der Waals surface area contributed by atoms with Crippen LogP contribution in [0.15, 0.2) is 0 Å². The van der Waals surface area contributed by atoms with Gasteiger partial charge in [0.1, 0.15) is 17.6 Å². The summed E-state index contributed by atoms with van der Waals surface area (Å²) in [6.07, 6.45) is -2.92. The van der Waals surface area contributed by atoms with Crippen molar-refractivity contribution in [1.82, 2.24) is 0 Å². The fraction of sp³-hybridized carbons (Fsp3) is 1.00. The van der Waals surface area contributed by atoms with Crippen molar-refractivity contribution in [3.05, 3.63) is 0 Å². The number of hydrogen-bond acceptors (Lipinski definition) is 5. The van der Waals surface area contributed by atoms with Gasteiger partial charge in [0.15, 0.2) is 0 Å². The number of thioether (sulfide) groups is 1. The van der Waals surface area contributed by atoms with Crippen LogP contribution in [-0.2, 0) is 4.74 Å².